The Morgan fingerprint density at radius 2 is 0.857 bits per heavy atom. The molecule has 0 aromatic heterocycles. The van der Waals surface area contributed by atoms with Gasteiger partial charge in [-0.15, -0.1) is 0 Å². The van der Waals surface area contributed by atoms with Crippen LogP contribution in [-0.2, 0) is 47.2 Å². The van der Waals surface area contributed by atoms with Crippen molar-refractivity contribution in [1.29, 1.82) is 0 Å². The summed E-state index contributed by atoms with van der Waals surface area (Å²) in [6.45, 7) is 12.7. The highest BCUT2D eigenvalue weighted by Crippen LogP contribution is 2.50. The average Bonchev–Trinajstić information content (AvgIpc) is 2.81. The van der Waals surface area contributed by atoms with Crippen molar-refractivity contribution in [3.8, 4) is 0 Å². The second-order valence-electron chi connectivity index (χ2n) is 7.74. The average molecular weight is 524 g/mol. The molecule has 35 heavy (non-hydrogen) atoms. The number of Topliss-reactive ketones (excluding diaryl/α,β-unsaturated/α-hetero) is 3. The van der Waals surface area contributed by atoms with Crippen molar-refractivity contribution in [3.63, 3.8) is 0 Å². The van der Waals surface area contributed by atoms with E-state index >= 15 is 0 Å². The molecule has 0 fully saturated rings. The van der Waals surface area contributed by atoms with Crippen LogP contribution in [0.25, 0.3) is 0 Å². The molecular formula is C21H33O13P. The van der Waals surface area contributed by atoms with Crippen LogP contribution in [0.1, 0.15) is 40.0 Å². The number of carbonyl (C=O) groups excluding carboxylic acids is 3. The molecule has 0 aromatic rings. The summed E-state index contributed by atoms with van der Waals surface area (Å²) in [6, 6.07) is 0. The molecule has 0 amide bonds. The molecule has 14 heteroatoms. The van der Waals surface area contributed by atoms with Crippen LogP contribution in [0.2, 0.25) is 0 Å². The van der Waals surface area contributed by atoms with E-state index < -0.39 is 63.3 Å². The maximum Gasteiger partial charge on any atom is 0.475 e. The van der Waals surface area contributed by atoms with Gasteiger partial charge in [0.2, 0.25) is 0 Å². The van der Waals surface area contributed by atoms with Gasteiger partial charge in [0.25, 0.3) is 0 Å². The lowest BCUT2D eigenvalue weighted by atomic mass is 10.1. The van der Waals surface area contributed by atoms with Gasteiger partial charge in [0.15, 0.2) is 17.3 Å². The summed E-state index contributed by atoms with van der Waals surface area (Å²) in [5.74, 6) is -1.41. The number of phosphoric acid groups is 1. The van der Waals surface area contributed by atoms with E-state index in [2.05, 4.69) is 34.4 Å². The number of hydrogen-bond donors (Lipinski definition) is 3. The predicted molar refractivity (Wildman–Crippen MR) is 121 cm³/mol. The fourth-order valence-electron chi connectivity index (χ4n) is 2.16. The highest BCUT2D eigenvalue weighted by molar-refractivity contribution is 7.48. The van der Waals surface area contributed by atoms with Crippen LogP contribution in [0.3, 0.4) is 0 Å². The van der Waals surface area contributed by atoms with Gasteiger partial charge < -0.3 is 0 Å². The van der Waals surface area contributed by atoms with Crippen LogP contribution in [0.5, 0.6) is 0 Å². The van der Waals surface area contributed by atoms with Crippen molar-refractivity contribution >= 4 is 25.2 Å². The SMILES string of the molecule is C=C(C)C(=O)CC(COP(=O)(OCC(CC(=O)C(=C)C)OO)OCC(CC(=O)C(=C)C)OO)OO. The highest BCUT2D eigenvalue weighted by atomic mass is 31.2. The Hall–Kier alpha value is -1.90. The summed E-state index contributed by atoms with van der Waals surface area (Å²) >= 11 is 0. The van der Waals surface area contributed by atoms with Crippen molar-refractivity contribution in [2.75, 3.05) is 19.8 Å². The van der Waals surface area contributed by atoms with Gasteiger partial charge in [0, 0.05) is 19.3 Å². The zero-order valence-corrected chi connectivity index (χ0v) is 20.9. The minimum atomic E-state index is -4.60. The van der Waals surface area contributed by atoms with Gasteiger partial charge in [-0.25, -0.2) is 19.2 Å². The Labute approximate surface area is 203 Å². The molecule has 0 heterocycles. The highest BCUT2D eigenvalue weighted by Gasteiger charge is 2.33. The Balaban J connectivity index is 5.45. The van der Waals surface area contributed by atoms with E-state index in [1.54, 1.807) is 0 Å². The van der Waals surface area contributed by atoms with Crippen LogP contribution in [0.4, 0.5) is 0 Å². The summed E-state index contributed by atoms with van der Waals surface area (Å²) in [5, 5.41) is 27.1. The van der Waals surface area contributed by atoms with Crippen LogP contribution >= 0.6 is 7.82 Å². The molecule has 0 spiro atoms. The minimum Gasteiger partial charge on any atom is -0.294 e. The standard InChI is InChI=1S/C21H33O13P/c1-13(2)19(22)7-16(32-25)10-29-35(28,30-11-17(33-26)8-20(23)14(3)4)31-12-18(34-27)9-21(24)15(5)6/h16-18,25-27H,1,3,5,7-12H2,2,4,6H3. The first-order valence-corrected chi connectivity index (χ1v) is 11.7. The fraction of sp³-hybridized carbons (Fsp3) is 0.571. The molecule has 0 saturated heterocycles. The number of allylic oxidation sites excluding steroid dienone is 3. The largest absolute Gasteiger partial charge is 0.475 e. The van der Waals surface area contributed by atoms with Gasteiger partial charge >= 0.3 is 7.82 Å². The second kappa shape index (κ2) is 16.7. The summed E-state index contributed by atoms with van der Waals surface area (Å²) in [4.78, 5) is 47.9. The molecule has 200 valence electrons. The van der Waals surface area contributed by atoms with Gasteiger partial charge in [-0.1, -0.05) is 19.7 Å². The summed E-state index contributed by atoms with van der Waals surface area (Å²) in [7, 11) is -4.60. The maximum atomic E-state index is 13.1. The molecular weight excluding hydrogens is 491 g/mol. The molecule has 0 bridgehead atoms. The van der Waals surface area contributed by atoms with Gasteiger partial charge in [-0.2, -0.15) is 0 Å². The fourth-order valence-corrected chi connectivity index (χ4v) is 3.43. The second-order valence-corrected chi connectivity index (χ2v) is 9.41. The molecule has 3 N–H and O–H groups in total. The van der Waals surface area contributed by atoms with E-state index in [-0.39, 0.29) is 36.0 Å². The minimum absolute atomic E-state index is 0.179. The lowest BCUT2D eigenvalue weighted by Gasteiger charge is -2.23. The third kappa shape index (κ3) is 13.7. The molecule has 0 saturated carbocycles. The smallest absolute Gasteiger partial charge is 0.294 e. The maximum absolute atomic E-state index is 13.1. The zero-order chi connectivity index (χ0) is 27.2. The van der Waals surface area contributed by atoms with E-state index in [0.29, 0.717) is 0 Å². The van der Waals surface area contributed by atoms with E-state index in [4.69, 9.17) is 29.3 Å². The van der Waals surface area contributed by atoms with Crippen molar-refractivity contribution < 1.29 is 63.0 Å². The van der Waals surface area contributed by atoms with E-state index in [1.165, 1.54) is 20.8 Å². The number of carbonyl (C=O) groups is 3. The van der Waals surface area contributed by atoms with Gasteiger partial charge in [0.05, 0.1) is 19.8 Å². The first-order valence-electron chi connectivity index (χ1n) is 10.3. The monoisotopic (exact) mass is 524 g/mol. The predicted octanol–water partition coefficient (Wildman–Crippen LogP) is 3.32. The quantitative estimate of drug-likeness (QED) is 0.0860. The summed E-state index contributed by atoms with van der Waals surface area (Å²) in [5.41, 5.74) is 0.536. The Bertz CT molecular complexity index is 717. The van der Waals surface area contributed by atoms with Crippen molar-refractivity contribution in [3.05, 3.63) is 36.5 Å². The topological polar surface area (TPSA) is 184 Å². The molecule has 13 nitrogen and oxygen atoms in total. The Morgan fingerprint density at radius 3 is 1.03 bits per heavy atom. The van der Waals surface area contributed by atoms with Crippen molar-refractivity contribution in [2.24, 2.45) is 0 Å². The number of hydrogen-bond acceptors (Lipinski definition) is 13. The first-order chi connectivity index (χ1) is 16.3. The number of rotatable bonds is 21. The molecule has 0 aliphatic rings. The molecule has 0 rings (SSSR count). The van der Waals surface area contributed by atoms with Crippen LogP contribution in [0.15, 0.2) is 36.5 Å². The summed E-state index contributed by atoms with van der Waals surface area (Å²) < 4.78 is 28.5. The lowest BCUT2D eigenvalue weighted by molar-refractivity contribution is -0.288. The normalized spacial score (nSPS) is 15.5. The first kappa shape index (κ1) is 33.1. The molecule has 3 atom stereocenters. The van der Waals surface area contributed by atoms with Gasteiger partial charge in [-0.05, 0) is 37.5 Å². The van der Waals surface area contributed by atoms with Gasteiger partial charge in [-0.3, -0.25) is 43.7 Å². The van der Waals surface area contributed by atoms with Crippen LogP contribution < -0.4 is 0 Å². The summed E-state index contributed by atoms with van der Waals surface area (Å²) in [6.07, 6.45) is -5.00. The van der Waals surface area contributed by atoms with Crippen molar-refractivity contribution in [1.82, 2.24) is 0 Å². The number of ketones is 3. The Kier molecular flexibility index (Phi) is 15.8. The van der Waals surface area contributed by atoms with Crippen LogP contribution in [-0.4, -0.2) is 71.3 Å². The van der Waals surface area contributed by atoms with Crippen molar-refractivity contribution in [2.45, 2.75) is 58.3 Å². The van der Waals surface area contributed by atoms with E-state index in [9.17, 15) is 18.9 Å². The molecule has 0 aliphatic heterocycles. The van der Waals surface area contributed by atoms with Crippen LogP contribution in [0, 0.1) is 0 Å². The van der Waals surface area contributed by atoms with E-state index in [1.807, 2.05) is 0 Å². The number of phosphoric ester groups is 1. The third-order valence-electron chi connectivity index (χ3n) is 4.37. The Morgan fingerprint density at radius 1 is 0.629 bits per heavy atom. The van der Waals surface area contributed by atoms with E-state index in [0.717, 1.165) is 0 Å². The molecule has 0 aromatic carbocycles. The molecule has 3 unspecified atom stereocenters. The zero-order valence-electron chi connectivity index (χ0n) is 20.0. The lowest BCUT2D eigenvalue weighted by Crippen LogP contribution is -2.26. The van der Waals surface area contributed by atoms with Gasteiger partial charge in [0.1, 0.15) is 18.3 Å². The third-order valence-corrected chi connectivity index (χ3v) is 5.77. The molecule has 0 aliphatic carbocycles. The molecule has 0 radical (unpaired) electrons.